The van der Waals surface area contributed by atoms with E-state index in [1.807, 2.05) is 0 Å². The van der Waals surface area contributed by atoms with Crippen LogP contribution in [-0.2, 0) is 4.74 Å². The number of halogens is 2. The standard InChI is InChI=1S/C7H14F2N2O/c8-7(9)5-11-1-2-12-6(3-10)4-11/h6-7H,1-5,10H2. The Balaban J connectivity index is 2.25. The van der Waals surface area contributed by atoms with E-state index in [2.05, 4.69) is 0 Å². The first-order chi connectivity index (χ1) is 5.72. The van der Waals surface area contributed by atoms with Crippen molar-refractivity contribution in [1.82, 2.24) is 4.90 Å². The summed E-state index contributed by atoms with van der Waals surface area (Å²) in [6.45, 7) is 1.86. The van der Waals surface area contributed by atoms with Crippen LogP contribution in [-0.4, -0.2) is 50.2 Å². The molecule has 0 aromatic rings. The largest absolute Gasteiger partial charge is 0.374 e. The van der Waals surface area contributed by atoms with Gasteiger partial charge in [-0.3, -0.25) is 4.90 Å². The first kappa shape index (κ1) is 9.83. The fourth-order valence-corrected chi connectivity index (χ4v) is 1.28. The van der Waals surface area contributed by atoms with Gasteiger partial charge in [-0.05, 0) is 0 Å². The predicted molar refractivity (Wildman–Crippen MR) is 41.2 cm³/mol. The molecule has 1 aliphatic rings. The van der Waals surface area contributed by atoms with E-state index in [1.54, 1.807) is 4.90 Å². The maximum Gasteiger partial charge on any atom is 0.251 e. The molecule has 3 nitrogen and oxygen atoms in total. The molecule has 1 unspecified atom stereocenters. The van der Waals surface area contributed by atoms with Crippen LogP contribution in [0.5, 0.6) is 0 Å². The number of nitrogens with zero attached hydrogens (tertiary/aromatic N) is 1. The first-order valence-electron chi connectivity index (χ1n) is 4.04. The second-order valence-corrected chi connectivity index (χ2v) is 2.88. The van der Waals surface area contributed by atoms with Crippen LogP contribution in [0, 0.1) is 0 Å². The summed E-state index contributed by atoms with van der Waals surface area (Å²) in [4.78, 5) is 1.69. The van der Waals surface area contributed by atoms with Gasteiger partial charge in [-0.25, -0.2) is 8.78 Å². The lowest BCUT2D eigenvalue weighted by Gasteiger charge is -2.31. The molecule has 0 aromatic heterocycles. The van der Waals surface area contributed by atoms with E-state index in [9.17, 15) is 8.78 Å². The maximum absolute atomic E-state index is 11.9. The number of rotatable bonds is 3. The molecule has 0 aromatic carbocycles. The van der Waals surface area contributed by atoms with E-state index in [0.29, 0.717) is 26.2 Å². The van der Waals surface area contributed by atoms with Gasteiger partial charge >= 0.3 is 0 Å². The van der Waals surface area contributed by atoms with Gasteiger partial charge in [0.05, 0.1) is 19.3 Å². The van der Waals surface area contributed by atoms with Crippen molar-refractivity contribution in [3.8, 4) is 0 Å². The van der Waals surface area contributed by atoms with Crippen LogP contribution in [0.1, 0.15) is 0 Å². The van der Waals surface area contributed by atoms with Gasteiger partial charge in [0, 0.05) is 19.6 Å². The fourth-order valence-electron chi connectivity index (χ4n) is 1.28. The highest BCUT2D eigenvalue weighted by atomic mass is 19.3. The summed E-state index contributed by atoms with van der Waals surface area (Å²) in [5, 5.41) is 0. The fraction of sp³-hybridized carbons (Fsp3) is 1.00. The molecule has 0 radical (unpaired) electrons. The van der Waals surface area contributed by atoms with Gasteiger partial charge in [0.2, 0.25) is 0 Å². The zero-order chi connectivity index (χ0) is 8.97. The van der Waals surface area contributed by atoms with Gasteiger partial charge in [-0.15, -0.1) is 0 Å². The molecule has 1 heterocycles. The Kier molecular flexibility index (Phi) is 3.84. The minimum Gasteiger partial charge on any atom is -0.374 e. The Bertz CT molecular complexity index is 135. The van der Waals surface area contributed by atoms with E-state index in [-0.39, 0.29) is 12.6 Å². The van der Waals surface area contributed by atoms with Crippen molar-refractivity contribution in [2.24, 2.45) is 5.73 Å². The molecule has 1 rings (SSSR count). The highest BCUT2D eigenvalue weighted by Gasteiger charge is 2.21. The molecule has 12 heavy (non-hydrogen) atoms. The summed E-state index contributed by atoms with van der Waals surface area (Å²) < 4.78 is 29.1. The summed E-state index contributed by atoms with van der Waals surface area (Å²) in [6.07, 6.45) is -2.33. The van der Waals surface area contributed by atoms with Crippen LogP contribution in [0.2, 0.25) is 0 Å². The van der Waals surface area contributed by atoms with Crippen molar-refractivity contribution >= 4 is 0 Å². The van der Waals surface area contributed by atoms with Crippen LogP contribution in [0.15, 0.2) is 0 Å². The van der Waals surface area contributed by atoms with Crippen molar-refractivity contribution in [2.45, 2.75) is 12.5 Å². The van der Waals surface area contributed by atoms with E-state index in [4.69, 9.17) is 10.5 Å². The molecular formula is C7H14F2N2O. The Morgan fingerprint density at radius 3 is 2.92 bits per heavy atom. The van der Waals surface area contributed by atoms with Crippen molar-refractivity contribution < 1.29 is 13.5 Å². The normalized spacial score (nSPS) is 26.5. The molecular weight excluding hydrogens is 166 g/mol. The molecule has 0 aliphatic carbocycles. The van der Waals surface area contributed by atoms with Gasteiger partial charge < -0.3 is 10.5 Å². The number of hydrogen-bond acceptors (Lipinski definition) is 3. The number of morpholine rings is 1. The number of nitrogens with two attached hydrogens (primary N) is 1. The Morgan fingerprint density at radius 2 is 2.33 bits per heavy atom. The Morgan fingerprint density at radius 1 is 1.58 bits per heavy atom. The molecule has 2 N–H and O–H groups in total. The summed E-state index contributed by atoms with van der Waals surface area (Å²) in [5.41, 5.74) is 5.36. The SMILES string of the molecule is NCC1CN(CC(F)F)CCO1. The summed E-state index contributed by atoms with van der Waals surface area (Å²) in [6, 6.07) is 0. The van der Waals surface area contributed by atoms with E-state index in [1.165, 1.54) is 0 Å². The minimum absolute atomic E-state index is 0.0718. The van der Waals surface area contributed by atoms with Crippen LogP contribution in [0.4, 0.5) is 8.78 Å². The molecule has 0 bridgehead atoms. The predicted octanol–water partition coefficient (Wildman–Crippen LogP) is -0.0890. The highest BCUT2D eigenvalue weighted by molar-refractivity contribution is 4.72. The summed E-state index contributed by atoms with van der Waals surface area (Å²) >= 11 is 0. The van der Waals surface area contributed by atoms with Gasteiger partial charge in [0.1, 0.15) is 0 Å². The molecule has 1 fully saturated rings. The molecule has 1 aliphatic heterocycles. The number of hydrogen-bond donors (Lipinski definition) is 1. The topological polar surface area (TPSA) is 38.5 Å². The second kappa shape index (κ2) is 4.69. The molecule has 0 spiro atoms. The molecule has 72 valence electrons. The number of ether oxygens (including phenoxy) is 1. The lowest BCUT2D eigenvalue weighted by Crippen LogP contribution is -2.47. The summed E-state index contributed by atoms with van der Waals surface area (Å²) in [7, 11) is 0. The van der Waals surface area contributed by atoms with Gasteiger partial charge in [0.15, 0.2) is 0 Å². The molecule has 1 atom stereocenters. The number of alkyl halides is 2. The molecule has 1 saturated heterocycles. The van der Waals surface area contributed by atoms with Crippen LogP contribution >= 0.6 is 0 Å². The third-order valence-electron chi connectivity index (χ3n) is 1.88. The zero-order valence-corrected chi connectivity index (χ0v) is 6.88. The molecule has 0 saturated carbocycles. The van der Waals surface area contributed by atoms with E-state index in [0.717, 1.165) is 0 Å². The third kappa shape index (κ3) is 3.00. The van der Waals surface area contributed by atoms with E-state index >= 15 is 0 Å². The van der Waals surface area contributed by atoms with Crippen molar-refractivity contribution in [1.29, 1.82) is 0 Å². The van der Waals surface area contributed by atoms with Crippen LogP contribution in [0.25, 0.3) is 0 Å². The lowest BCUT2D eigenvalue weighted by molar-refractivity contribution is -0.0400. The van der Waals surface area contributed by atoms with Crippen LogP contribution < -0.4 is 5.73 Å². The molecule has 5 heteroatoms. The lowest BCUT2D eigenvalue weighted by atomic mass is 10.3. The van der Waals surface area contributed by atoms with Crippen molar-refractivity contribution in [2.75, 3.05) is 32.8 Å². The average Bonchev–Trinajstić information content (AvgIpc) is 2.03. The monoisotopic (exact) mass is 180 g/mol. The third-order valence-corrected chi connectivity index (χ3v) is 1.88. The summed E-state index contributed by atoms with van der Waals surface area (Å²) in [5.74, 6) is 0. The minimum atomic E-state index is -2.26. The zero-order valence-electron chi connectivity index (χ0n) is 6.88. The maximum atomic E-state index is 11.9. The van der Waals surface area contributed by atoms with E-state index < -0.39 is 6.43 Å². The first-order valence-corrected chi connectivity index (χ1v) is 4.04. The molecule has 0 amide bonds. The van der Waals surface area contributed by atoms with Crippen LogP contribution in [0.3, 0.4) is 0 Å². The van der Waals surface area contributed by atoms with Gasteiger partial charge in [-0.1, -0.05) is 0 Å². The van der Waals surface area contributed by atoms with Crippen molar-refractivity contribution in [3.63, 3.8) is 0 Å². The van der Waals surface area contributed by atoms with Gasteiger partial charge in [0.25, 0.3) is 6.43 Å². The Hall–Kier alpha value is -0.260. The Labute approximate surface area is 70.5 Å². The highest BCUT2D eigenvalue weighted by Crippen LogP contribution is 2.06. The second-order valence-electron chi connectivity index (χ2n) is 2.88. The smallest absolute Gasteiger partial charge is 0.251 e. The average molecular weight is 180 g/mol. The van der Waals surface area contributed by atoms with Gasteiger partial charge in [-0.2, -0.15) is 0 Å². The van der Waals surface area contributed by atoms with Crippen molar-refractivity contribution in [3.05, 3.63) is 0 Å². The quantitative estimate of drug-likeness (QED) is 0.659.